The van der Waals surface area contributed by atoms with Crippen LogP contribution in [0.5, 0.6) is 0 Å². The molecule has 0 radical (unpaired) electrons. The van der Waals surface area contributed by atoms with Gasteiger partial charge in [-0.15, -0.1) is 0 Å². The van der Waals surface area contributed by atoms with Crippen molar-refractivity contribution in [2.75, 3.05) is 10.6 Å². The van der Waals surface area contributed by atoms with Crippen LogP contribution in [0.2, 0.25) is 0 Å². The first-order valence-corrected chi connectivity index (χ1v) is 9.36. The van der Waals surface area contributed by atoms with Gasteiger partial charge in [-0.2, -0.15) is 15.5 Å². The largest absolute Gasteiger partial charge is 0.339 e. The maximum absolute atomic E-state index is 12.5. The quantitative estimate of drug-likeness (QED) is 0.487. The molecule has 1 amide bonds. The van der Waals surface area contributed by atoms with Gasteiger partial charge in [0.05, 0.1) is 30.6 Å². The molecule has 0 aliphatic heterocycles. The van der Waals surface area contributed by atoms with E-state index in [2.05, 4.69) is 36.9 Å². The van der Waals surface area contributed by atoms with Crippen LogP contribution in [0.15, 0.2) is 55.2 Å². The summed E-state index contributed by atoms with van der Waals surface area (Å²) in [6.45, 7) is 2.25. The van der Waals surface area contributed by atoms with Gasteiger partial charge in [-0.25, -0.2) is 14.6 Å². The summed E-state index contributed by atoms with van der Waals surface area (Å²) >= 11 is 0. The third-order valence-electron chi connectivity index (χ3n) is 4.56. The number of nitrogens with zero attached hydrogens (tertiary/aromatic N) is 7. The molecule has 0 fully saturated rings. The number of benzene rings is 1. The number of aromatic nitrogens is 6. The fraction of sp³-hybridized carbons (Fsp3) is 0.200. The summed E-state index contributed by atoms with van der Waals surface area (Å²) in [7, 11) is 0. The first-order valence-electron chi connectivity index (χ1n) is 9.36. The SMILES string of the molecule is CC(C(=O)Nc1cccc(Nc2ncnc3c2cnn3CCC#N)c1)n1cccn1. The standard InChI is InChI=1S/C20H19N9O/c1-14(28-10-4-8-24-28)20(30)27-16-6-2-5-15(11-16)26-18-17-12-25-29(9-3-7-21)19(17)23-13-22-18/h2,4-6,8,10-14H,3,9H2,1H3,(H,27,30)(H,22,23,26). The summed E-state index contributed by atoms with van der Waals surface area (Å²) in [6, 6.07) is 10.8. The molecule has 0 spiro atoms. The van der Waals surface area contributed by atoms with Crippen molar-refractivity contribution in [3.05, 3.63) is 55.2 Å². The van der Waals surface area contributed by atoms with Gasteiger partial charge in [0, 0.05) is 23.8 Å². The summed E-state index contributed by atoms with van der Waals surface area (Å²) < 4.78 is 3.28. The lowest BCUT2D eigenvalue weighted by Crippen LogP contribution is -2.23. The van der Waals surface area contributed by atoms with E-state index in [4.69, 9.17) is 5.26 Å². The average Bonchev–Trinajstić information content (AvgIpc) is 3.43. The molecule has 3 aromatic heterocycles. The van der Waals surface area contributed by atoms with Crippen molar-refractivity contribution < 1.29 is 4.79 Å². The van der Waals surface area contributed by atoms with Gasteiger partial charge in [0.15, 0.2) is 5.65 Å². The molecule has 1 aromatic carbocycles. The zero-order chi connectivity index (χ0) is 20.9. The predicted molar refractivity (Wildman–Crippen MR) is 111 cm³/mol. The fourth-order valence-corrected chi connectivity index (χ4v) is 3.00. The third-order valence-corrected chi connectivity index (χ3v) is 4.56. The number of fused-ring (bicyclic) bond motifs is 1. The molecular weight excluding hydrogens is 382 g/mol. The van der Waals surface area contributed by atoms with Gasteiger partial charge in [-0.05, 0) is 31.2 Å². The first kappa shape index (κ1) is 19.1. The Balaban J connectivity index is 1.52. The lowest BCUT2D eigenvalue weighted by atomic mass is 10.2. The molecule has 2 N–H and O–H groups in total. The van der Waals surface area contributed by atoms with Crippen molar-refractivity contribution >= 4 is 34.1 Å². The van der Waals surface area contributed by atoms with E-state index in [9.17, 15) is 4.79 Å². The summed E-state index contributed by atoms with van der Waals surface area (Å²) in [4.78, 5) is 21.1. The monoisotopic (exact) mass is 401 g/mol. The molecule has 0 aliphatic rings. The van der Waals surface area contributed by atoms with Gasteiger partial charge in [0.1, 0.15) is 18.2 Å². The van der Waals surface area contributed by atoms with Gasteiger partial charge in [0.2, 0.25) is 5.91 Å². The van der Waals surface area contributed by atoms with Gasteiger partial charge >= 0.3 is 0 Å². The fourth-order valence-electron chi connectivity index (χ4n) is 3.00. The molecule has 10 nitrogen and oxygen atoms in total. The van der Waals surface area contributed by atoms with Crippen LogP contribution in [-0.2, 0) is 11.3 Å². The molecule has 3 heterocycles. The van der Waals surface area contributed by atoms with Crippen molar-refractivity contribution in [3.63, 3.8) is 0 Å². The van der Waals surface area contributed by atoms with E-state index in [-0.39, 0.29) is 5.91 Å². The summed E-state index contributed by atoms with van der Waals surface area (Å²) in [5.74, 6) is 0.427. The minimum absolute atomic E-state index is 0.168. The van der Waals surface area contributed by atoms with Crippen molar-refractivity contribution in [3.8, 4) is 6.07 Å². The van der Waals surface area contributed by atoms with Crippen LogP contribution in [0.4, 0.5) is 17.2 Å². The molecule has 10 heteroatoms. The Morgan fingerprint density at radius 2 is 2.10 bits per heavy atom. The highest BCUT2D eigenvalue weighted by Crippen LogP contribution is 2.24. The second kappa shape index (κ2) is 8.40. The van der Waals surface area contributed by atoms with Gasteiger partial charge < -0.3 is 10.6 Å². The summed E-state index contributed by atoms with van der Waals surface area (Å²) in [5.41, 5.74) is 2.06. The average molecular weight is 401 g/mol. The van der Waals surface area contributed by atoms with Crippen LogP contribution in [0.3, 0.4) is 0 Å². The Morgan fingerprint density at radius 1 is 1.23 bits per heavy atom. The Labute approximate surface area is 172 Å². The second-order valence-corrected chi connectivity index (χ2v) is 6.59. The van der Waals surface area contributed by atoms with Gasteiger partial charge in [0.25, 0.3) is 0 Å². The maximum atomic E-state index is 12.5. The van der Waals surface area contributed by atoms with E-state index in [1.807, 2.05) is 24.3 Å². The molecule has 0 bridgehead atoms. The number of amides is 1. The zero-order valence-corrected chi connectivity index (χ0v) is 16.2. The van der Waals surface area contributed by atoms with E-state index in [1.165, 1.54) is 6.33 Å². The molecule has 150 valence electrons. The zero-order valence-electron chi connectivity index (χ0n) is 16.2. The van der Waals surface area contributed by atoms with Crippen molar-refractivity contribution in [1.82, 2.24) is 29.5 Å². The molecule has 30 heavy (non-hydrogen) atoms. The number of hydrogen-bond acceptors (Lipinski definition) is 7. The van der Waals surface area contributed by atoms with E-state index >= 15 is 0 Å². The second-order valence-electron chi connectivity index (χ2n) is 6.59. The predicted octanol–water partition coefficient (Wildman–Crippen LogP) is 2.88. The Morgan fingerprint density at radius 3 is 2.90 bits per heavy atom. The van der Waals surface area contributed by atoms with Gasteiger partial charge in [-0.1, -0.05) is 6.07 Å². The van der Waals surface area contributed by atoms with Gasteiger partial charge in [-0.3, -0.25) is 9.48 Å². The first-order chi connectivity index (χ1) is 14.7. The van der Waals surface area contributed by atoms with Crippen LogP contribution in [0, 0.1) is 11.3 Å². The molecular formula is C20H19N9O. The highest BCUT2D eigenvalue weighted by molar-refractivity contribution is 5.94. The smallest absolute Gasteiger partial charge is 0.248 e. The third kappa shape index (κ3) is 3.95. The van der Waals surface area contributed by atoms with Crippen molar-refractivity contribution in [1.29, 1.82) is 5.26 Å². The van der Waals surface area contributed by atoms with Crippen LogP contribution in [0.25, 0.3) is 11.0 Å². The number of anilines is 3. The number of nitrogens with one attached hydrogen (secondary N) is 2. The topological polar surface area (TPSA) is 126 Å². The Kier molecular flexibility index (Phi) is 5.34. The van der Waals surface area contributed by atoms with E-state index in [0.717, 1.165) is 11.1 Å². The van der Waals surface area contributed by atoms with E-state index < -0.39 is 6.04 Å². The minimum atomic E-state index is -0.433. The summed E-state index contributed by atoms with van der Waals surface area (Å²) in [5, 5.41) is 24.1. The molecule has 0 saturated carbocycles. The number of carbonyl (C=O) groups is 1. The highest BCUT2D eigenvalue weighted by Gasteiger charge is 2.15. The molecule has 4 rings (SSSR count). The number of carbonyl (C=O) groups excluding carboxylic acids is 1. The molecule has 0 saturated heterocycles. The molecule has 1 unspecified atom stereocenters. The van der Waals surface area contributed by atoms with Crippen molar-refractivity contribution in [2.45, 2.75) is 25.9 Å². The van der Waals surface area contributed by atoms with Crippen LogP contribution < -0.4 is 10.6 Å². The van der Waals surface area contributed by atoms with Crippen LogP contribution in [-0.4, -0.2) is 35.4 Å². The number of aryl methyl sites for hydroxylation is 1. The molecule has 1 atom stereocenters. The van der Waals surface area contributed by atoms with Crippen molar-refractivity contribution in [2.24, 2.45) is 0 Å². The number of nitriles is 1. The molecule has 4 aromatic rings. The normalized spacial score (nSPS) is 11.7. The maximum Gasteiger partial charge on any atom is 0.248 e. The minimum Gasteiger partial charge on any atom is -0.339 e. The summed E-state index contributed by atoms with van der Waals surface area (Å²) in [6.07, 6.45) is 6.86. The van der Waals surface area contributed by atoms with E-state index in [0.29, 0.717) is 30.1 Å². The highest BCUT2D eigenvalue weighted by atomic mass is 16.2. The van der Waals surface area contributed by atoms with Crippen LogP contribution >= 0.6 is 0 Å². The number of hydrogen-bond donors (Lipinski definition) is 2. The lowest BCUT2D eigenvalue weighted by molar-refractivity contribution is -0.119. The lowest BCUT2D eigenvalue weighted by Gasteiger charge is -2.14. The Hall–Kier alpha value is -4.26. The number of rotatable bonds is 7. The Bertz CT molecular complexity index is 1210. The van der Waals surface area contributed by atoms with E-state index in [1.54, 1.807) is 40.9 Å². The van der Waals surface area contributed by atoms with Crippen LogP contribution in [0.1, 0.15) is 19.4 Å². The molecule has 0 aliphatic carbocycles.